The monoisotopic (exact) mass is 326 g/mol. The van der Waals surface area contributed by atoms with E-state index >= 15 is 0 Å². The van der Waals surface area contributed by atoms with Gasteiger partial charge in [-0.05, 0) is 38.2 Å². The van der Waals surface area contributed by atoms with Crippen LogP contribution in [0.4, 0.5) is 5.69 Å². The van der Waals surface area contributed by atoms with Gasteiger partial charge in [0.05, 0.1) is 6.54 Å². The van der Waals surface area contributed by atoms with E-state index in [0.717, 1.165) is 5.75 Å². The molecule has 2 aromatic rings. The van der Waals surface area contributed by atoms with E-state index in [0.29, 0.717) is 24.4 Å². The maximum absolute atomic E-state index is 12.1. The summed E-state index contributed by atoms with van der Waals surface area (Å²) in [5, 5.41) is 2.80. The van der Waals surface area contributed by atoms with Gasteiger partial charge in [0, 0.05) is 17.8 Å². The van der Waals surface area contributed by atoms with E-state index in [9.17, 15) is 9.59 Å². The largest absolute Gasteiger partial charge is 0.492 e. The van der Waals surface area contributed by atoms with Crippen LogP contribution in [0.3, 0.4) is 0 Å². The average molecular weight is 326 g/mol. The van der Waals surface area contributed by atoms with Crippen molar-refractivity contribution in [2.45, 2.75) is 6.92 Å². The average Bonchev–Trinajstić information content (AvgIpc) is 2.56. The number of amides is 1. The molecule has 2 aromatic carbocycles. The highest BCUT2D eigenvalue weighted by Gasteiger charge is 2.08. The van der Waals surface area contributed by atoms with Crippen LogP contribution in [0, 0.1) is 0 Å². The quantitative estimate of drug-likeness (QED) is 0.758. The van der Waals surface area contributed by atoms with Gasteiger partial charge in [0.2, 0.25) is 5.91 Å². The third kappa shape index (κ3) is 5.85. The summed E-state index contributed by atoms with van der Waals surface area (Å²) in [5.74, 6) is 0.663. The van der Waals surface area contributed by atoms with Crippen molar-refractivity contribution in [3.63, 3.8) is 0 Å². The summed E-state index contributed by atoms with van der Waals surface area (Å²) >= 11 is 0. The Kier molecular flexibility index (Phi) is 6.51. The Hall–Kier alpha value is -2.66. The number of rotatable bonds is 8. The number of carbonyl (C=O) groups excluding carboxylic acids is 2. The summed E-state index contributed by atoms with van der Waals surface area (Å²) < 4.78 is 5.61. The van der Waals surface area contributed by atoms with Gasteiger partial charge in [0.1, 0.15) is 12.4 Å². The van der Waals surface area contributed by atoms with Crippen LogP contribution in [0.5, 0.6) is 5.75 Å². The highest BCUT2D eigenvalue weighted by molar-refractivity contribution is 5.97. The first-order chi connectivity index (χ1) is 11.5. The standard InChI is InChI=1S/C19H22N2O3/c1-15(22)16-7-6-8-17(13-16)20-19(23)14-21(2)11-12-24-18-9-4-3-5-10-18/h3-10,13H,11-12,14H2,1-2H3,(H,20,23). The second kappa shape index (κ2) is 8.84. The van der Waals surface area contributed by atoms with Crippen LogP contribution in [-0.4, -0.2) is 43.3 Å². The lowest BCUT2D eigenvalue weighted by Crippen LogP contribution is -2.33. The highest BCUT2D eigenvalue weighted by Crippen LogP contribution is 2.11. The molecule has 24 heavy (non-hydrogen) atoms. The Morgan fingerprint density at radius 3 is 2.54 bits per heavy atom. The van der Waals surface area contributed by atoms with Gasteiger partial charge in [-0.1, -0.05) is 30.3 Å². The molecule has 0 aliphatic heterocycles. The first-order valence-electron chi connectivity index (χ1n) is 7.82. The molecule has 1 N–H and O–H groups in total. The topological polar surface area (TPSA) is 58.6 Å². The zero-order valence-electron chi connectivity index (χ0n) is 14.0. The molecule has 0 aromatic heterocycles. The van der Waals surface area contributed by atoms with Crippen LogP contribution >= 0.6 is 0 Å². The predicted molar refractivity (Wildman–Crippen MR) is 94.5 cm³/mol. The Morgan fingerprint density at radius 1 is 1.08 bits per heavy atom. The summed E-state index contributed by atoms with van der Waals surface area (Å²) in [6.07, 6.45) is 0. The number of hydrogen-bond acceptors (Lipinski definition) is 4. The Balaban J connectivity index is 1.75. The summed E-state index contributed by atoms with van der Waals surface area (Å²) in [5.41, 5.74) is 1.21. The van der Waals surface area contributed by atoms with Crippen LogP contribution in [0.2, 0.25) is 0 Å². The second-order valence-corrected chi connectivity index (χ2v) is 5.58. The Labute approximate surface area is 142 Å². The normalized spacial score (nSPS) is 10.5. The fourth-order valence-electron chi connectivity index (χ4n) is 2.18. The molecule has 0 spiro atoms. The molecular weight excluding hydrogens is 304 g/mol. The van der Waals surface area contributed by atoms with Crippen molar-refractivity contribution in [3.05, 3.63) is 60.2 Å². The number of ketones is 1. The van der Waals surface area contributed by atoms with Gasteiger partial charge in [0.25, 0.3) is 0 Å². The highest BCUT2D eigenvalue weighted by atomic mass is 16.5. The first kappa shape index (κ1) is 17.7. The van der Waals surface area contributed by atoms with Crippen molar-refractivity contribution in [3.8, 4) is 5.75 Å². The fourth-order valence-corrected chi connectivity index (χ4v) is 2.18. The van der Waals surface area contributed by atoms with Crippen LogP contribution in [0.1, 0.15) is 17.3 Å². The maximum atomic E-state index is 12.1. The van der Waals surface area contributed by atoms with Crippen LogP contribution in [0.25, 0.3) is 0 Å². The van der Waals surface area contributed by atoms with Crippen molar-refractivity contribution < 1.29 is 14.3 Å². The Morgan fingerprint density at radius 2 is 1.83 bits per heavy atom. The van der Waals surface area contributed by atoms with Crippen molar-refractivity contribution in [1.82, 2.24) is 4.90 Å². The third-order valence-electron chi connectivity index (χ3n) is 3.45. The van der Waals surface area contributed by atoms with Crippen molar-refractivity contribution in [1.29, 1.82) is 0 Å². The first-order valence-corrected chi connectivity index (χ1v) is 7.82. The molecule has 126 valence electrons. The number of nitrogens with one attached hydrogen (secondary N) is 1. The summed E-state index contributed by atoms with van der Waals surface area (Å²) in [6, 6.07) is 16.5. The zero-order chi connectivity index (χ0) is 17.4. The number of Topliss-reactive ketones (excluding diaryl/α,β-unsaturated/α-hetero) is 1. The second-order valence-electron chi connectivity index (χ2n) is 5.58. The minimum Gasteiger partial charge on any atom is -0.492 e. The lowest BCUT2D eigenvalue weighted by atomic mass is 10.1. The minimum atomic E-state index is -0.127. The zero-order valence-corrected chi connectivity index (χ0v) is 14.0. The fraction of sp³-hybridized carbons (Fsp3) is 0.263. The van der Waals surface area contributed by atoms with E-state index in [4.69, 9.17) is 4.74 Å². The van der Waals surface area contributed by atoms with E-state index < -0.39 is 0 Å². The van der Waals surface area contributed by atoms with Crippen molar-refractivity contribution in [2.75, 3.05) is 32.1 Å². The number of anilines is 1. The van der Waals surface area contributed by atoms with Gasteiger partial charge in [-0.2, -0.15) is 0 Å². The number of nitrogens with zero attached hydrogens (tertiary/aromatic N) is 1. The van der Waals surface area contributed by atoms with Gasteiger partial charge in [0.15, 0.2) is 5.78 Å². The van der Waals surface area contributed by atoms with E-state index in [2.05, 4.69) is 5.32 Å². The SMILES string of the molecule is CC(=O)c1cccc(NC(=O)CN(C)CCOc2ccccc2)c1. The molecule has 5 heteroatoms. The number of hydrogen-bond donors (Lipinski definition) is 1. The molecule has 0 unspecified atom stereocenters. The van der Waals surface area contributed by atoms with E-state index in [1.807, 2.05) is 42.3 Å². The number of ether oxygens (including phenoxy) is 1. The molecule has 0 aliphatic carbocycles. The molecule has 0 atom stereocenters. The third-order valence-corrected chi connectivity index (χ3v) is 3.45. The van der Waals surface area contributed by atoms with Crippen LogP contribution < -0.4 is 10.1 Å². The summed E-state index contributed by atoms with van der Waals surface area (Å²) in [4.78, 5) is 25.3. The summed E-state index contributed by atoms with van der Waals surface area (Å²) in [6.45, 7) is 2.90. The number of para-hydroxylation sites is 1. The maximum Gasteiger partial charge on any atom is 0.238 e. The Bertz CT molecular complexity index is 686. The molecule has 5 nitrogen and oxygen atoms in total. The lowest BCUT2D eigenvalue weighted by Gasteiger charge is -2.16. The predicted octanol–water partition coefficient (Wildman–Crippen LogP) is 2.84. The molecule has 0 bridgehead atoms. The van der Waals surface area contributed by atoms with Gasteiger partial charge < -0.3 is 10.1 Å². The van der Waals surface area contributed by atoms with E-state index in [-0.39, 0.29) is 18.2 Å². The van der Waals surface area contributed by atoms with Gasteiger partial charge in [-0.15, -0.1) is 0 Å². The van der Waals surface area contributed by atoms with Gasteiger partial charge >= 0.3 is 0 Å². The number of carbonyl (C=O) groups is 2. The molecule has 0 heterocycles. The lowest BCUT2D eigenvalue weighted by molar-refractivity contribution is -0.117. The van der Waals surface area contributed by atoms with Crippen LogP contribution in [-0.2, 0) is 4.79 Å². The molecule has 0 radical (unpaired) electrons. The molecule has 0 fully saturated rings. The molecule has 0 saturated carbocycles. The van der Waals surface area contributed by atoms with E-state index in [1.54, 1.807) is 24.3 Å². The van der Waals surface area contributed by atoms with Gasteiger partial charge in [-0.3, -0.25) is 14.5 Å². The van der Waals surface area contributed by atoms with Crippen LogP contribution in [0.15, 0.2) is 54.6 Å². The molecule has 0 saturated heterocycles. The number of benzene rings is 2. The van der Waals surface area contributed by atoms with E-state index in [1.165, 1.54) is 6.92 Å². The van der Waals surface area contributed by atoms with Crippen molar-refractivity contribution >= 4 is 17.4 Å². The molecular formula is C19H22N2O3. The number of likely N-dealkylation sites (N-methyl/N-ethyl adjacent to an activating group) is 1. The molecule has 0 aliphatic rings. The van der Waals surface area contributed by atoms with Gasteiger partial charge in [-0.25, -0.2) is 0 Å². The smallest absolute Gasteiger partial charge is 0.238 e. The van der Waals surface area contributed by atoms with Crippen molar-refractivity contribution in [2.24, 2.45) is 0 Å². The minimum absolute atomic E-state index is 0.0266. The summed E-state index contributed by atoms with van der Waals surface area (Å²) in [7, 11) is 1.86. The molecule has 1 amide bonds. The molecule has 2 rings (SSSR count).